The van der Waals surface area contributed by atoms with Crippen molar-refractivity contribution in [3.8, 4) is 0 Å². The molecule has 0 bridgehead atoms. The Morgan fingerprint density at radius 2 is 1.54 bits per heavy atom. The van der Waals surface area contributed by atoms with E-state index in [9.17, 15) is 14.4 Å². The lowest BCUT2D eigenvalue weighted by molar-refractivity contribution is -0.220. The molecule has 5 aliphatic carbocycles. The van der Waals surface area contributed by atoms with E-state index >= 15 is 0 Å². The highest BCUT2D eigenvalue weighted by atomic mass is 16.5. The second-order valence-corrected chi connectivity index (χ2v) is 17.5. The zero-order valence-electron chi connectivity index (χ0n) is 29.5. The van der Waals surface area contributed by atoms with Crippen molar-refractivity contribution in [3.63, 3.8) is 0 Å². The molecule has 0 amide bonds. The Morgan fingerprint density at radius 3 is 2.22 bits per heavy atom. The Morgan fingerprint density at radius 1 is 0.848 bits per heavy atom. The number of rotatable bonds is 5. The topological polar surface area (TPSA) is 78.9 Å². The van der Waals surface area contributed by atoms with Crippen molar-refractivity contribution in [2.24, 2.45) is 50.2 Å². The number of allylic oxidation sites excluding steroid dienone is 1. The maximum Gasteiger partial charge on any atom is 0.338 e. The van der Waals surface area contributed by atoms with Gasteiger partial charge in [-0.25, -0.2) is 4.79 Å². The zero-order chi connectivity index (χ0) is 33.3. The third kappa shape index (κ3) is 4.81. The minimum Gasteiger partial charge on any atom is -0.469 e. The lowest BCUT2D eigenvalue weighted by Gasteiger charge is -2.71. The number of benzene rings is 1. The minimum absolute atomic E-state index is 0.0361. The Hall–Kier alpha value is -2.63. The van der Waals surface area contributed by atoms with Crippen molar-refractivity contribution in [2.45, 2.75) is 119 Å². The molecule has 0 saturated heterocycles. The Bertz CT molecular complexity index is 1410. The van der Waals surface area contributed by atoms with Crippen LogP contribution in [-0.2, 0) is 23.8 Å². The first kappa shape index (κ1) is 33.3. The summed E-state index contributed by atoms with van der Waals surface area (Å²) in [4.78, 5) is 39.4. The van der Waals surface area contributed by atoms with Crippen molar-refractivity contribution < 1.29 is 28.6 Å². The summed E-state index contributed by atoms with van der Waals surface area (Å²) >= 11 is 0. The van der Waals surface area contributed by atoms with Crippen LogP contribution in [0.3, 0.4) is 0 Å². The summed E-state index contributed by atoms with van der Waals surface area (Å²) in [7, 11) is 1.54. The van der Waals surface area contributed by atoms with Crippen molar-refractivity contribution in [1.82, 2.24) is 0 Å². The van der Waals surface area contributed by atoms with Crippen LogP contribution >= 0.6 is 0 Å². The monoisotopic (exact) mass is 632 g/mol. The molecule has 0 spiro atoms. The summed E-state index contributed by atoms with van der Waals surface area (Å²) in [6, 6.07) is 9.32. The first-order valence-corrected chi connectivity index (χ1v) is 17.7. The van der Waals surface area contributed by atoms with Gasteiger partial charge in [-0.1, -0.05) is 71.4 Å². The van der Waals surface area contributed by atoms with Crippen molar-refractivity contribution in [3.05, 3.63) is 47.5 Å². The molecule has 5 aliphatic rings. The molecule has 4 fully saturated rings. The van der Waals surface area contributed by atoms with E-state index in [-0.39, 0.29) is 57.0 Å². The standard InChI is InChI=1S/C40H56O6/c1-26(41)46-32-17-18-37(6)30(36(32,4)5)16-19-38(7)31(37)15-14-28-29-24-35(2,3)20-21-39(29,34(43)44-8)22-23-40(28,38)25-45-33(42)27-12-10-9-11-13-27/h9-14,29-32H,15-25H2,1-8H3/t29-,30-,31-,32-,37+,38+,39-,40+/m1/s1. The van der Waals surface area contributed by atoms with Crippen LogP contribution in [0, 0.1) is 50.2 Å². The van der Waals surface area contributed by atoms with E-state index in [4.69, 9.17) is 14.2 Å². The Labute approximate surface area is 276 Å². The van der Waals surface area contributed by atoms with Crippen LogP contribution in [0.2, 0.25) is 0 Å². The van der Waals surface area contributed by atoms with Crippen LogP contribution in [0.4, 0.5) is 0 Å². The second-order valence-electron chi connectivity index (χ2n) is 17.5. The normalized spacial score (nSPS) is 40.5. The molecule has 4 saturated carbocycles. The molecule has 0 unspecified atom stereocenters. The lowest BCUT2D eigenvalue weighted by atomic mass is 9.33. The van der Waals surface area contributed by atoms with E-state index in [0.29, 0.717) is 24.0 Å². The summed E-state index contributed by atoms with van der Waals surface area (Å²) in [6.07, 6.45) is 11.6. The van der Waals surface area contributed by atoms with Crippen molar-refractivity contribution in [2.75, 3.05) is 13.7 Å². The van der Waals surface area contributed by atoms with Gasteiger partial charge in [-0.2, -0.15) is 0 Å². The van der Waals surface area contributed by atoms with E-state index < -0.39 is 5.41 Å². The van der Waals surface area contributed by atoms with E-state index in [2.05, 4.69) is 47.6 Å². The number of ether oxygens (including phenoxy) is 3. The molecule has 0 N–H and O–H groups in total. The summed E-state index contributed by atoms with van der Waals surface area (Å²) in [5.74, 6) is 0.291. The molecule has 46 heavy (non-hydrogen) atoms. The molecule has 1 aromatic carbocycles. The van der Waals surface area contributed by atoms with Gasteiger partial charge in [-0.15, -0.1) is 0 Å². The molecule has 252 valence electrons. The first-order chi connectivity index (χ1) is 21.6. The SMILES string of the molecule is COC(=O)[C@@]12CCC(C)(C)C[C@@H]1C1=CC[C@@H]3[C@@]4(C)CC[C@@H](OC(C)=O)C(C)(C)[C@H]4CC[C@]3(C)[C@]1(COC(=O)c1ccccc1)CC2. The maximum atomic E-state index is 13.8. The number of methoxy groups -OCH3 is 1. The van der Waals surface area contributed by atoms with Gasteiger partial charge in [0.25, 0.3) is 0 Å². The fourth-order valence-corrected chi connectivity index (χ4v) is 12.2. The predicted molar refractivity (Wildman–Crippen MR) is 178 cm³/mol. The van der Waals surface area contributed by atoms with Gasteiger partial charge in [0.05, 0.1) is 18.1 Å². The van der Waals surface area contributed by atoms with Crippen molar-refractivity contribution in [1.29, 1.82) is 0 Å². The number of fused-ring (bicyclic) bond motifs is 7. The van der Waals surface area contributed by atoms with E-state index in [1.807, 2.05) is 30.3 Å². The van der Waals surface area contributed by atoms with E-state index in [1.54, 1.807) is 7.11 Å². The molecule has 6 nitrogen and oxygen atoms in total. The molecule has 6 rings (SSSR count). The number of carbonyl (C=O) groups excluding carboxylic acids is 3. The molecular weight excluding hydrogens is 576 g/mol. The van der Waals surface area contributed by atoms with E-state index in [1.165, 1.54) is 12.5 Å². The van der Waals surface area contributed by atoms with Gasteiger partial charge in [0.1, 0.15) is 12.7 Å². The van der Waals surface area contributed by atoms with Gasteiger partial charge in [0.15, 0.2) is 0 Å². The molecule has 0 aromatic heterocycles. The predicted octanol–water partition coefficient (Wildman–Crippen LogP) is 8.73. The summed E-state index contributed by atoms with van der Waals surface area (Å²) < 4.78 is 17.9. The molecule has 0 radical (unpaired) electrons. The zero-order valence-corrected chi connectivity index (χ0v) is 29.5. The summed E-state index contributed by atoms with van der Waals surface area (Å²) in [6.45, 7) is 16.1. The van der Waals surface area contributed by atoms with Crippen LogP contribution in [0.15, 0.2) is 42.0 Å². The van der Waals surface area contributed by atoms with Crippen LogP contribution in [0.25, 0.3) is 0 Å². The fourth-order valence-electron chi connectivity index (χ4n) is 12.2. The third-order valence-electron chi connectivity index (χ3n) is 14.6. The van der Waals surface area contributed by atoms with Gasteiger partial charge in [-0.05, 0) is 110 Å². The minimum atomic E-state index is -0.530. The highest BCUT2D eigenvalue weighted by Crippen LogP contribution is 2.76. The van der Waals surface area contributed by atoms with Crippen LogP contribution in [0.1, 0.15) is 123 Å². The number of esters is 3. The highest BCUT2D eigenvalue weighted by Gasteiger charge is 2.71. The van der Waals surface area contributed by atoms with Gasteiger partial charge >= 0.3 is 17.9 Å². The van der Waals surface area contributed by atoms with Crippen molar-refractivity contribution >= 4 is 17.9 Å². The summed E-state index contributed by atoms with van der Waals surface area (Å²) in [5, 5.41) is 0. The van der Waals surface area contributed by atoms with Crippen LogP contribution < -0.4 is 0 Å². The average molecular weight is 633 g/mol. The first-order valence-electron chi connectivity index (χ1n) is 17.7. The van der Waals surface area contributed by atoms with Gasteiger partial charge < -0.3 is 14.2 Å². The lowest BCUT2D eigenvalue weighted by Crippen LogP contribution is -2.67. The fraction of sp³-hybridized carbons (Fsp3) is 0.725. The average Bonchev–Trinajstić information content (AvgIpc) is 3.01. The maximum absolute atomic E-state index is 13.8. The largest absolute Gasteiger partial charge is 0.469 e. The third-order valence-corrected chi connectivity index (χ3v) is 14.6. The van der Waals surface area contributed by atoms with Crippen LogP contribution in [-0.4, -0.2) is 37.7 Å². The number of carbonyl (C=O) groups is 3. The second kappa shape index (κ2) is 11.2. The molecule has 8 atom stereocenters. The Balaban J connectivity index is 1.45. The molecule has 0 aliphatic heterocycles. The molecule has 6 heteroatoms. The molecule has 0 heterocycles. The van der Waals surface area contributed by atoms with Crippen LogP contribution in [0.5, 0.6) is 0 Å². The summed E-state index contributed by atoms with van der Waals surface area (Å²) in [5.41, 5.74) is 0.887. The van der Waals surface area contributed by atoms with Gasteiger partial charge in [0, 0.05) is 17.8 Å². The highest BCUT2D eigenvalue weighted by molar-refractivity contribution is 5.89. The number of hydrogen-bond donors (Lipinski definition) is 0. The number of hydrogen-bond acceptors (Lipinski definition) is 6. The van der Waals surface area contributed by atoms with Gasteiger partial charge in [0.2, 0.25) is 0 Å². The molecular formula is C40H56O6. The van der Waals surface area contributed by atoms with E-state index in [0.717, 1.165) is 64.2 Å². The quantitative estimate of drug-likeness (QED) is 0.184. The smallest absolute Gasteiger partial charge is 0.338 e. The Kier molecular flexibility index (Phi) is 8.12. The molecule has 1 aromatic rings. The van der Waals surface area contributed by atoms with Gasteiger partial charge in [-0.3, -0.25) is 9.59 Å².